The quantitative estimate of drug-likeness (QED) is 0.897. The van der Waals surface area contributed by atoms with Gasteiger partial charge in [-0.2, -0.15) is 4.31 Å². The number of nitrogens with two attached hydrogens (primary N) is 1. The normalized spacial score (nSPS) is 24.6. The van der Waals surface area contributed by atoms with Gasteiger partial charge >= 0.3 is 0 Å². The molecule has 0 bridgehead atoms. The van der Waals surface area contributed by atoms with Gasteiger partial charge < -0.3 is 10.5 Å². The summed E-state index contributed by atoms with van der Waals surface area (Å²) in [4.78, 5) is 0.224. The molecule has 2 unspecified atom stereocenters. The lowest BCUT2D eigenvalue weighted by atomic mass is 10.1. The van der Waals surface area contributed by atoms with Gasteiger partial charge in [-0.25, -0.2) is 8.42 Å². The molecule has 0 amide bonds. The fraction of sp³-hybridized carbons (Fsp3) is 0.538. The number of rotatable bonds is 4. The Balaban J connectivity index is 2.38. The van der Waals surface area contributed by atoms with Crippen molar-refractivity contribution in [1.82, 2.24) is 4.31 Å². The summed E-state index contributed by atoms with van der Waals surface area (Å²) in [5.74, 6) is 0.616. The fourth-order valence-corrected chi connectivity index (χ4v) is 4.45. The highest BCUT2D eigenvalue weighted by Gasteiger charge is 2.38. The van der Waals surface area contributed by atoms with Crippen LogP contribution in [0.2, 0.25) is 0 Å². The topological polar surface area (TPSA) is 72.6 Å². The Labute approximate surface area is 114 Å². The van der Waals surface area contributed by atoms with Crippen molar-refractivity contribution < 1.29 is 13.2 Å². The first-order valence-electron chi connectivity index (χ1n) is 6.35. The number of sulfonamides is 1. The van der Waals surface area contributed by atoms with Crippen LogP contribution in [0.4, 0.5) is 0 Å². The van der Waals surface area contributed by atoms with Crippen LogP contribution >= 0.6 is 0 Å². The molecule has 2 rings (SSSR count). The standard InChI is InChI=1S/C13H20N2O3S/c1-10-7-11(8-14)9-15(10)19(16,17)13-6-4-3-5-12(13)18-2/h3-6,10-11H,7-9,14H2,1-2H3. The van der Waals surface area contributed by atoms with Crippen LogP contribution in [0.1, 0.15) is 13.3 Å². The molecule has 0 saturated carbocycles. The largest absolute Gasteiger partial charge is 0.495 e. The van der Waals surface area contributed by atoms with Crippen LogP contribution in [0.3, 0.4) is 0 Å². The molecule has 0 radical (unpaired) electrons. The first kappa shape index (κ1) is 14.3. The van der Waals surface area contributed by atoms with Gasteiger partial charge in [0.15, 0.2) is 0 Å². The Kier molecular flexibility index (Phi) is 4.13. The summed E-state index contributed by atoms with van der Waals surface area (Å²) in [7, 11) is -2.04. The van der Waals surface area contributed by atoms with Gasteiger partial charge in [-0.1, -0.05) is 12.1 Å². The molecule has 5 nitrogen and oxygen atoms in total. The number of hydrogen-bond acceptors (Lipinski definition) is 4. The molecular formula is C13H20N2O3S. The second kappa shape index (κ2) is 5.48. The van der Waals surface area contributed by atoms with Crippen LogP contribution < -0.4 is 10.5 Å². The van der Waals surface area contributed by atoms with E-state index in [9.17, 15) is 8.42 Å². The third-order valence-electron chi connectivity index (χ3n) is 3.59. The molecule has 1 aliphatic rings. The van der Waals surface area contributed by atoms with Crippen LogP contribution in [0, 0.1) is 5.92 Å². The summed E-state index contributed by atoms with van der Waals surface area (Å²) in [6, 6.07) is 6.68. The van der Waals surface area contributed by atoms with Crippen molar-refractivity contribution in [2.75, 3.05) is 20.2 Å². The van der Waals surface area contributed by atoms with Crippen LogP contribution in [-0.2, 0) is 10.0 Å². The summed E-state index contributed by atoms with van der Waals surface area (Å²) in [5.41, 5.74) is 5.65. The van der Waals surface area contributed by atoms with Crippen molar-refractivity contribution in [2.45, 2.75) is 24.3 Å². The van der Waals surface area contributed by atoms with E-state index in [1.807, 2.05) is 6.92 Å². The van der Waals surface area contributed by atoms with E-state index in [2.05, 4.69) is 0 Å². The molecule has 19 heavy (non-hydrogen) atoms. The first-order valence-corrected chi connectivity index (χ1v) is 7.79. The van der Waals surface area contributed by atoms with Crippen molar-refractivity contribution >= 4 is 10.0 Å². The number of methoxy groups -OCH3 is 1. The zero-order chi connectivity index (χ0) is 14.0. The summed E-state index contributed by atoms with van der Waals surface area (Å²) in [6.07, 6.45) is 0.810. The number of hydrogen-bond donors (Lipinski definition) is 1. The van der Waals surface area contributed by atoms with Crippen LogP contribution in [0.15, 0.2) is 29.2 Å². The molecule has 1 saturated heterocycles. The maximum Gasteiger partial charge on any atom is 0.247 e. The van der Waals surface area contributed by atoms with Gasteiger partial charge in [0.2, 0.25) is 10.0 Å². The van der Waals surface area contributed by atoms with Gasteiger partial charge in [-0.15, -0.1) is 0 Å². The molecule has 106 valence electrons. The summed E-state index contributed by atoms with van der Waals surface area (Å²) >= 11 is 0. The van der Waals surface area contributed by atoms with Crippen molar-refractivity contribution in [1.29, 1.82) is 0 Å². The maximum absolute atomic E-state index is 12.7. The van der Waals surface area contributed by atoms with Gasteiger partial charge in [0.1, 0.15) is 10.6 Å². The van der Waals surface area contributed by atoms with E-state index in [0.29, 0.717) is 18.8 Å². The van der Waals surface area contributed by atoms with Gasteiger partial charge in [-0.3, -0.25) is 0 Å². The van der Waals surface area contributed by atoms with E-state index in [-0.39, 0.29) is 16.9 Å². The van der Waals surface area contributed by atoms with Crippen molar-refractivity contribution in [3.8, 4) is 5.75 Å². The number of para-hydroxylation sites is 1. The zero-order valence-corrected chi connectivity index (χ0v) is 12.1. The lowest BCUT2D eigenvalue weighted by molar-refractivity contribution is 0.385. The van der Waals surface area contributed by atoms with E-state index < -0.39 is 10.0 Å². The highest BCUT2D eigenvalue weighted by molar-refractivity contribution is 7.89. The van der Waals surface area contributed by atoms with E-state index in [0.717, 1.165) is 6.42 Å². The Hall–Kier alpha value is -1.11. The molecule has 1 fully saturated rings. The van der Waals surface area contributed by atoms with Crippen molar-refractivity contribution in [2.24, 2.45) is 11.7 Å². The summed E-state index contributed by atoms with van der Waals surface area (Å²) < 4.78 is 32.1. The average Bonchev–Trinajstić information content (AvgIpc) is 2.80. The Bertz CT molecular complexity index is 545. The molecule has 1 aromatic rings. The Morgan fingerprint density at radius 1 is 1.42 bits per heavy atom. The molecule has 1 heterocycles. The molecule has 2 N–H and O–H groups in total. The minimum absolute atomic E-state index is 0.0246. The Morgan fingerprint density at radius 2 is 2.11 bits per heavy atom. The van der Waals surface area contributed by atoms with Crippen LogP contribution in [-0.4, -0.2) is 39.0 Å². The number of benzene rings is 1. The van der Waals surface area contributed by atoms with Gasteiger partial charge in [0, 0.05) is 12.6 Å². The highest BCUT2D eigenvalue weighted by Crippen LogP contribution is 2.32. The average molecular weight is 284 g/mol. The predicted octanol–water partition coefficient (Wildman–Crippen LogP) is 1.05. The smallest absolute Gasteiger partial charge is 0.247 e. The molecule has 0 aliphatic carbocycles. The SMILES string of the molecule is COc1ccccc1S(=O)(=O)N1CC(CN)CC1C. The third kappa shape index (κ3) is 2.61. The predicted molar refractivity (Wildman–Crippen MR) is 73.5 cm³/mol. The molecule has 6 heteroatoms. The molecule has 1 aromatic carbocycles. The lowest BCUT2D eigenvalue weighted by Crippen LogP contribution is -2.34. The Morgan fingerprint density at radius 3 is 2.68 bits per heavy atom. The van der Waals surface area contributed by atoms with Gasteiger partial charge in [-0.05, 0) is 37.9 Å². The molecule has 1 aliphatic heterocycles. The van der Waals surface area contributed by atoms with E-state index in [1.54, 1.807) is 24.3 Å². The number of ether oxygens (including phenoxy) is 1. The van der Waals surface area contributed by atoms with E-state index in [1.165, 1.54) is 11.4 Å². The summed E-state index contributed by atoms with van der Waals surface area (Å²) in [5, 5.41) is 0. The van der Waals surface area contributed by atoms with E-state index in [4.69, 9.17) is 10.5 Å². The molecule has 0 aromatic heterocycles. The lowest BCUT2D eigenvalue weighted by Gasteiger charge is -2.22. The zero-order valence-electron chi connectivity index (χ0n) is 11.2. The van der Waals surface area contributed by atoms with Crippen LogP contribution in [0.5, 0.6) is 5.75 Å². The first-order chi connectivity index (χ1) is 9.00. The maximum atomic E-state index is 12.7. The summed E-state index contributed by atoms with van der Waals surface area (Å²) in [6.45, 7) is 2.92. The monoisotopic (exact) mass is 284 g/mol. The van der Waals surface area contributed by atoms with Crippen molar-refractivity contribution in [3.05, 3.63) is 24.3 Å². The van der Waals surface area contributed by atoms with Gasteiger partial charge in [0.05, 0.1) is 7.11 Å². The second-order valence-electron chi connectivity index (χ2n) is 4.91. The number of nitrogens with zero attached hydrogens (tertiary/aromatic N) is 1. The highest BCUT2D eigenvalue weighted by atomic mass is 32.2. The van der Waals surface area contributed by atoms with Crippen molar-refractivity contribution in [3.63, 3.8) is 0 Å². The second-order valence-corrected chi connectivity index (χ2v) is 6.77. The molecule has 2 atom stereocenters. The van der Waals surface area contributed by atoms with E-state index >= 15 is 0 Å². The molecule has 0 spiro atoms. The minimum Gasteiger partial charge on any atom is -0.495 e. The third-order valence-corrected chi connectivity index (χ3v) is 5.61. The molecular weight excluding hydrogens is 264 g/mol. The van der Waals surface area contributed by atoms with Crippen LogP contribution in [0.25, 0.3) is 0 Å². The van der Waals surface area contributed by atoms with Gasteiger partial charge in [0.25, 0.3) is 0 Å². The minimum atomic E-state index is -3.52. The fourth-order valence-electron chi connectivity index (χ4n) is 2.57.